The largest absolute Gasteiger partial charge is 0.394 e. The second-order valence-electron chi connectivity index (χ2n) is 7.26. The van der Waals surface area contributed by atoms with Crippen LogP contribution in [-0.4, -0.2) is 51.9 Å². The van der Waals surface area contributed by atoms with Gasteiger partial charge < -0.3 is 16.0 Å². The average molecular weight is 415 g/mol. The summed E-state index contributed by atoms with van der Waals surface area (Å²) in [5.41, 5.74) is 8.11. The summed E-state index contributed by atoms with van der Waals surface area (Å²) in [5.74, 6) is -0.717. The van der Waals surface area contributed by atoms with Crippen LogP contribution in [0, 0.1) is 11.3 Å². The molecule has 29 heavy (non-hydrogen) atoms. The monoisotopic (exact) mass is 414 g/mol. The molecule has 2 amide bonds. The van der Waals surface area contributed by atoms with Gasteiger partial charge in [0.05, 0.1) is 18.2 Å². The van der Waals surface area contributed by atoms with Gasteiger partial charge in [0.2, 0.25) is 0 Å². The summed E-state index contributed by atoms with van der Waals surface area (Å²) in [5, 5.41) is 11.6. The smallest absolute Gasteiger partial charge is 0.272 e. The first-order valence-corrected chi connectivity index (χ1v) is 10.2. The van der Waals surface area contributed by atoms with Gasteiger partial charge in [-0.3, -0.25) is 14.6 Å². The zero-order chi connectivity index (χ0) is 21.0. The number of hydrogen-bond acceptors (Lipinski definition) is 6. The molecule has 1 aliphatic heterocycles. The number of piperidine rings is 1. The van der Waals surface area contributed by atoms with Gasteiger partial charge in [0.15, 0.2) is 4.75 Å². The van der Waals surface area contributed by atoms with Crippen molar-refractivity contribution < 1.29 is 14.1 Å². The lowest BCUT2D eigenvalue weighted by atomic mass is 9.97. The van der Waals surface area contributed by atoms with E-state index in [4.69, 9.17) is 11.0 Å². The van der Waals surface area contributed by atoms with Gasteiger partial charge in [-0.25, -0.2) is 0 Å². The number of nitrogens with two attached hydrogens (primary N) is 1. The molecular formula is C20H24N5O3S+. The highest BCUT2D eigenvalue weighted by Gasteiger charge is 2.54. The topological polar surface area (TPSA) is 132 Å². The lowest BCUT2D eigenvalue weighted by Gasteiger charge is -2.30. The molecule has 8 nitrogen and oxygen atoms in total. The Hall–Kier alpha value is -2.83. The van der Waals surface area contributed by atoms with Gasteiger partial charge in [0.25, 0.3) is 11.8 Å². The number of hydrogen-bond donors (Lipinski definition) is 3. The average Bonchev–Trinajstić information content (AvgIpc) is 3.53. The second-order valence-corrected chi connectivity index (χ2v) is 8.41. The lowest BCUT2D eigenvalue weighted by molar-refractivity contribution is -0.124. The minimum atomic E-state index is -0.459. The van der Waals surface area contributed by atoms with E-state index in [9.17, 15) is 14.1 Å². The third-order valence-electron chi connectivity index (χ3n) is 5.26. The van der Waals surface area contributed by atoms with Gasteiger partial charge in [0.1, 0.15) is 23.5 Å². The van der Waals surface area contributed by atoms with Crippen molar-refractivity contribution in [2.75, 3.05) is 20.1 Å². The summed E-state index contributed by atoms with van der Waals surface area (Å²) in [6.45, 7) is 1.18. The molecule has 1 aliphatic carbocycles. The number of carbonyl (C=O) groups is 2. The van der Waals surface area contributed by atoms with Crippen molar-refractivity contribution >= 4 is 29.6 Å². The van der Waals surface area contributed by atoms with Crippen LogP contribution in [0.4, 0.5) is 0 Å². The van der Waals surface area contributed by atoms with Gasteiger partial charge in [-0.1, -0.05) is 12.1 Å². The summed E-state index contributed by atoms with van der Waals surface area (Å²) < 4.78 is 9.29. The highest BCUT2D eigenvalue weighted by atomic mass is 32.2. The van der Waals surface area contributed by atoms with E-state index in [1.807, 2.05) is 6.07 Å². The summed E-state index contributed by atoms with van der Waals surface area (Å²) in [7, 11) is 1.51. The van der Waals surface area contributed by atoms with Crippen molar-refractivity contribution in [3.63, 3.8) is 0 Å². The van der Waals surface area contributed by atoms with E-state index >= 15 is 0 Å². The predicted octanol–water partition coefficient (Wildman–Crippen LogP) is 0.511. The summed E-state index contributed by atoms with van der Waals surface area (Å²) >= 11 is 0.315. The van der Waals surface area contributed by atoms with E-state index in [0.29, 0.717) is 42.7 Å². The quantitative estimate of drug-likeness (QED) is 0.354. The number of rotatable bonds is 6. The molecule has 9 heteroatoms. The van der Waals surface area contributed by atoms with Crippen molar-refractivity contribution in [1.82, 2.24) is 10.2 Å². The molecule has 1 saturated carbocycles. The standard InChI is InChI=1S/C20H23N5O3S/c1-23-17-15(6-9-25(19(17)27)12-20(29-28)7-8-20)16(22)18(26)24-11-14-4-2-13(10-21)3-5-14/h2-5,28H,6-9,11-12,22H2,1H3,(H,24,26)/p+1/b16-15-,23-17?. The van der Waals surface area contributed by atoms with Gasteiger partial charge in [-0.05, 0) is 24.1 Å². The van der Waals surface area contributed by atoms with Gasteiger partial charge in [-0.2, -0.15) is 9.81 Å². The van der Waals surface area contributed by atoms with Crippen LogP contribution in [0.5, 0.6) is 0 Å². The first-order valence-electron chi connectivity index (χ1n) is 9.31. The van der Waals surface area contributed by atoms with Crippen LogP contribution in [0.1, 0.15) is 30.4 Å². The third kappa shape index (κ3) is 4.60. The van der Waals surface area contributed by atoms with Crippen LogP contribution in [0.25, 0.3) is 0 Å². The molecule has 1 aromatic carbocycles. The molecule has 0 aromatic heterocycles. The van der Waals surface area contributed by atoms with E-state index in [1.54, 1.807) is 29.2 Å². The number of benzene rings is 1. The number of nitriles is 1. The van der Waals surface area contributed by atoms with Crippen LogP contribution < -0.4 is 11.1 Å². The number of thiol groups is 1. The van der Waals surface area contributed by atoms with E-state index in [0.717, 1.165) is 18.4 Å². The molecule has 1 aromatic rings. The zero-order valence-corrected chi connectivity index (χ0v) is 17.1. The van der Waals surface area contributed by atoms with Crippen molar-refractivity contribution in [3.8, 4) is 6.07 Å². The molecule has 0 spiro atoms. The Morgan fingerprint density at radius 2 is 2.10 bits per heavy atom. The van der Waals surface area contributed by atoms with Crippen LogP contribution in [-0.2, 0) is 28.2 Å². The summed E-state index contributed by atoms with van der Waals surface area (Å²) in [6, 6.07) is 8.92. The fourth-order valence-corrected chi connectivity index (χ4v) is 3.84. The molecule has 0 atom stereocenters. The lowest BCUT2D eigenvalue weighted by Crippen LogP contribution is -2.48. The number of aliphatic imine (C=N–C) groups is 1. The minimum Gasteiger partial charge on any atom is -0.394 e. The Balaban J connectivity index is 1.67. The molecule has 1 heterocycles. The van der Waals surface area contributed by atoms with Gasteiger partial charge in [-0.15, -0.1) is 0 Å². The van der Waals surface area contributed by atoms with Crippen molar-refractivity contribution in [2.45, 2.75) is 30.6 Å². The first-order chi connectivity index (χ1) is 13.9. The highest BCUT2D eigenvalue weighted by molar-refractivity contribution is 7.74. The highest BCUT2D eigenvalue weighted by Crippen LogP contribution is 2.40. The fourth-order valence-electron chi connectivity index (χ4n) is 3.29. The summed E-state index contributed by atoms with van der Waals surface area (Å²) in [6.07, 6.45) is 2.24. The Bertz CT molecular complexity index is 913. The number of likely N-dealkylation sites (tertiary alicyclic amines) is 1. The SMILES string of the molecule is CN=C1C(=O)N(CC2([SH+]O)CC2)CC/C1=C(/N)C(=O)NCc1ccc(C#N)cc1. The molecule has 2 fully saturated rings. The predicted molar refractivity (Wildman–Crippen MR) is 112 cm³/mol. The van der Waals surface area contributed by atoms with Gasteiger partial charge >= 0.3 is 0 Å². The molecule has 152 valence electrons. The Labute approximate surface area is 173 Å². The van der Waals surface area contributed by atoms with Crippen LogP contribution in [0.15, 0.2) is 40.5 Å². The molecule has 4 N–H and O–H groups in total. The van der Waals surface area contributed by atoms with Crippen molar-refractivity contribution in [2.24, 2.45) is 10.7 Å². The summed E-state index contributed by atoms with van der Waals surface area (Å²) in [4.78, 5) is 31.1. The Morgan fingerprint density at radius 3 is 2.66 bits per heavy atom. The van der Waals surface area contributed by atoms with Crippen LogP contribution in [0.2, 0.25) is 0 Å². The number of carbonyl (C=O) groups excluding carboxylic acids is 2. The molecule has 2 aliphatic rings. The number of nitrogens with one attached hydrogen (secondary N) is 1. The fraction of sp³-hybridized carbons (Fsp3) is 0.400. The van der Waals surface area contributed by atoms with Crippen molar-refractivity contribution in [3.05, 3.63) is 46.7 Å². The molecule has 0 radical (unpaired) electrons. The molecule has 1 saturated heterocycles. The normalized spacial score (nSPS) is 20.9. The molecule has 0 bridgehead atoms. The maximum absolute atomic E-state index is 12.8. The third-order valence-corrected chi connectivity index (χ3v) is 6.27. The van der Waals surface area contributed by atoms with E-state index in [2.05, 4.69) is 10.3 Å². The Kier molecular flexibility index (Phi) is 6.25. The van der Waals surface area contributed by atoms with E-state index in [-0.39, 0.29) is 28.6 Å². The molecule has 0 unspecified atom stereocenters. The maximum Gasteiger partial charge on any atom is 0.272 e. The zero-order valence-electron chi connectivity index (χ0n) is 16.2. The van der Waals surface area contributed by atoms with E-state index in [1.165, 1.54) is 7.05 Å². The number of nitrogens with zero attached hydrogens (tertiary/aromatic N) is 3. The minimum absolute atomic E-state index is 0.00587. The number of amides is 2. The van der Waals surface area contributed by atoms with Crippen LogP contribution >= 0.6 is 0 Å². The first kappa shape index (κ1) is 20.9. The van der Waals surface area contributed by atoms with E-state index < -0.39 is 5.91 Å². The van der Waals surface area contributed by atoms with Gasteiger partial charge in [0, 0.05) is 38.6 Å². The Morgan fingerprint density at radius 1 is 1.41 bits per heavy atom. The molecular weight excluding hydrogens is 390 g/mol. The molecule has 3 rings (SSSR count). The van der Waals surface area contributed by atoms with Crippen LogP contribution in [0.3, 0.4) is 0 Å². The second kappa shape index (κ2) is 8.68. The maximum atomic E-state index is 12.8. The van der Waals surface area contributed by atoms with Crippen molar-refractivity contribution in [1.29, 1.82) is 5.26 Å².